The molecule has 1 aliphatic rings. The lowest BCUT2D eigenvalue weighted by atomic mass is 10.1. The fourth-order valence-corrected chi connectivity index (χ4v) is 2.69. The monoisotopic (exact) mass is 279 g/mol. The molecular formula is C16H25NO3. The minimum absolute atomic E-state index is 0.319. The van der Waals surface area contributed by atoms with E-state index < -0.39 is 6.10 Å². The average molecular weight is 279 g/mol. The Morgan fingerprint density at radius 2 is 2.25 bits per heavy atom. The Labute approximate surface area is 121 Å². The molecule has 1 heterocycles. The largest absolute Gasteiger partial charge is 0.496 e. The van der Waals surface area contributed by atoms with Gasteiger partial charge >= 0.3 is 0 Å². The Hall–Kier alpha value is -1.10. The molecule has 0 spiro atoms. The van der Waals surface area contributed by atoms with E-state index in [2.05, 4.69) is 11.8 Å². The SMILES string of the molecule is CCN(CC1CCCO1)CC(O)c1ccccc1OC. The third-order valence-electron chi connectivity index (χ3n) is 3.86. The highest BCUT2D eigenvalue weighted by molar-refractivity contribution is 5.35. The smallest absolute Gasteiger partial charge is 0.124 e. The normalized spacial score (nSPS) is 20.3. The van der Waals surface area contributed by atoms with Crippen molar-refractivity contribution in [2.24, 2.45) is 0 Å². The fraction of sp³-hybridized carbons (Fsp3) is 0.625. The molecular weight excluding hydrogens is 254 g/mol. The lowest BCUT2D eigenvalue weighted by Gasteiger charge is -2.26. The van der Waals surface area contributed by atoms with Gasteiger partial charge in [0.15, 0.2) is 0 Å². The number of aliphatic hydroxyl groups is 1. The van der Waals surface area contributed by atoms with Gasteiger partial charge in [-0.2, -0.15) is 0 Å². The number of ether oxygens (including phenoxy) is 2. The summed E-state index contributed by atoms with van der Waals surface area (Å²) in [6, 6.07) is 7.65. The number of rotatable bonds is 7. The molecule has 4 heteroatoms. The second kappa shape index (κ2) is 7.62. The van der Waals surface area contributed by atoms with Crippen molar-refractivity contribution in [2.45, 2.75) is 32.0 Å². The Bertz CT molecular complexity index is 404. The summed E-state index contributed by atoms with van der Waals surface area (Å²) in [5, 5.41) is 10.4. The van der Waals surface area contributed by atoms with Crippen molar-refractivity contribution >= 4 is 0 Å². The van der Waals surface area contributed by atoms with E-state index in [-0.39, 0.29) is 0 Å². The quantitative estimate of drug-likeness (QED) is 0.831. The van der Waals surface area contributed by atoms with Crippen molar-refractivity contribution in [1.29, 1.82) is 0 Å². The standard InChI is InChI=1S/C16H25NO3/c1-3-17(11-13-7-6-10-20-13)12-15(18)14-8-4-5-9-16(14)19-2/h4-5,8-9,13,15,18H,3,6-7,10-12H2,1-2H3. The summed E-state index contributed by atoms with van der Waals surface area (Å²) in [6.45, 7) is 5.40. The number of hydrogen-bond donors (Lipinski definition) is 1. The molecule has 112 valence electrons. The van der Waals surface area contributed by atoms with E-state index in [9.17, 15) is 5.11 Å². The van der Waals surface area contributed by atoms with E-state index in [1.807, 2.05) is 24.3 Å². The predicted octanol–water partition coefficient (Wildman–Crippen LogP) is 2.23. The van der Waals surface area contributed by atoms with Gasteiger partial charge in [0.1, 0.15) is 5.75 Å². The van der Waals surface area contributed by atoms with Gasteiger partial charge in [0, 0.05) is 25.3 Å². The number of nitrogens with zero attached hydrogens (tertiary/aromatic N) is 1. The molecule has 2 rings (SSSR count). The zero-order chi connectivity index (χ0) is 14.4. The minimum atomic E-state index is -0.535. The molecule has 1 aliphatic heterocycles. The first kappa shape index (κ1) is 15.3. The molecule has 2 unspecified atom stereocenters. The molecule has 1 fully saturated rings. The highest BCUT2D eigenvalue weighted by atomic mass is 16.5. The first-order valence-corrected chi connectivity index (χ1v) is 7.39. The minimum Gasteiger partial charge on any atom is -0.496 e. The van der Waals surface area contributed by atoms with Crippen LogP contribution >= 0.6 is 0 Å². The maximum atomic E-state index is 10.4. The molecule has 1 N–H and O–H groups in total. The summed E-state index contributed by atoms with van der Waals surface area (Å²) in [4.78, 5) is 2.24. The summed E-state index contributed by atoms with van der Waals surface area (Å²) in [7, 11) is 1.63. The van der Waals surface area contributed by atoms with Crippen molar-refractivity contribution in [3.63, 3.8) is 0 Å². The van der Waals surface area contributed by atoms with Crippen molar-refractivity contribution < 1.29 is 14.6 Å². The van der Waals surface area contributed by atoms with Crippen LogP contribution in [0.1, 0.15) is 31.4 Å². The molecule has 4 nitrogen and oxygen atoms in total. The number of aliphatic hydroxyl groups excluding tert-OH is 1. The van der Waals surface area contributed by atoms with Crippen molar-refractivity contribution in [3.8, 4) is 5.75 Å². The number of benzene rings is 1. The lowest BCUT2D eigenvalue weighted by Crippen LogP contribution is -2.35. The summed E-state index contributed by atoms with van der Waals surface area (Å²) >= 11 is 0. The number of methoxy groups -OCH3 is 1. The molecule has 0 radical (unpaired) electrons. The van der Waals surface area contributed by atoms with Crippen LogP contribution in [0.25, 0.3) is 0 Å². The molecule has 1 aromatic carbocycles. The maximum absolute atomic E-state index is 10.4. The second-order valence-electron chi connectivity index (χ2n) is 5.24. The highest BCUT2D eigenvalue weighted by Crippen LogP contribution is 2.25. The van der Waals surface area contributed by atoms with E-state index in [0.717, 1.165) is 43.9 Å². The zero-order valence-electron chi connectivity index (χ0n) is 12.4. The number of likely N-dealkylation sites (N-methyl/N-ethyl adjacent to an activating group) is 1. The first-order valence-electron chi connectivity index (χ1n) is 7.39. The van der Waals surface area contributed by atoms with Crippen LogP contribution in [0.4, 0.5) is 0 Å². The van der Waals surface area contributed by atoms with Gasteiger partial charge < -0.3 is 14.6 Å². The van der Waals surface area contributed by atoms with E-state index >= 15 is 0 Å². The van der Waals surface area contributed by atoms with Crippen LogP contribution in [0.2, 0.25) is 0 Å². The van der Waals surface area contributed by atoms with Crippen LogP contribution in [0.5, 0.6) is 5.75 Å². The van der Waals surface area contributed by atoms with Crippen LogP contribution < -0.4 is 4.74 Å². The van der Waals surface area contributed by atoms with E-state index in [4.69, 9.17) is 9.47 Å². The Balaban J connectivity index is 1.95. The van der Waals surface area contributed by atoms with Gasteiger partial charge in [-0.3, -0.25) is 4.90 Å². The topological polar surface area (TPSA) is 41.9 Å². The van der Waals surface area contributed by atoms with Crippen molar-refractivity contribution in [2.75, 3.05) is 33.4 Å². The van der Waals surface area contributed by atoms with Gasteiger partial charge in [-0.15, -0.1) is 0 Å². The molecule has 0 amide bonds. The highest BCUT2D eigenvalue weighted by Gasteiger charge is 2.21. The van der Waals surface area contributed by atoms with E-state index in [1.165, 1.54) is 0 Å². The summed E-state index contributed by atoms with van der Waals surface area (Å²) < 4.78 is 11.0. The number of para-hydroxylation sites is 1. The molecule has 1 aromatic rings. The van der Waals surface area contributed by atoms with Gasteiger partial charge in [0.25, 0.3) is 0 Å². The fourth-order valence-electron chi connectivity index (χ4n) is 2.69. The molecule has 20 heavy (non-hydrogen) atoms. The van der Waals surface area contributed by atoms with Gasteiger partial charge in [-0.05, 0) is 25.5 Å². The predicted molar refractivity (Wildman–Crippen MR) is 79.0 cm³/mol. The number of hydrogen-bond acceptors (Lipinski definition) is 4. The van der Waals surface area contributed by atoms with Crippen LogP contribution in [0.15, 0.2) is 24.3 Å². The van der Waals surface area contributed by atoms with Gasteiger partial charge in [-0.25, -0.2) is 0 Å². The van der Waals surface area contributed by atoms with Crippen molar-refractivity contribution in [3.05, 3.63) is 29.8 Å². The Morgan fingerprint density at radius 3 is 2.90 bits per heavy atom. The van der Waals surface area contributed by atoms with Gasteiger partial charge in [0.2, 0.25) is 0 Å². The molecule has 1 saturated heterocycles. The van der Waals surface area contributed by atoms with Crippen LogP contribution in [0.3, 0.4) is 0 Å². The van der Waals surface area contributed by atoms with E-state index in [0.29, 0.717) is 12.6 Å². The molecule has 0 aromatic heterocycles. The van der Waals surface area contributed by atoms with Gasteiger partial charge in [0.05, 0.1) is 19.3 Å². The Morgan fingerprint density at radius 1 is 1.45 bits per heavy atom. The summed E-state index contributed by atoms with van der Waals surface area (Å²) in [6.07, 6.45) is 2.06. The third-order valence-corrected chi connectivity index (χ3v) is 3.86. The molecule has 0 aliphatic carbocycles. The third kappa shape index (κ3) is 3.95. The average Bonchev–Trinajstić information content (AvgIpc) is 2.99. The Kier molecular flexibility index (Phi) is 5.83. The first-order chi connectivity index (χ1) is 9.74. The summed E-state index contributed by atoms with van der Waals surface area (Å²) in [5.74, 6) is 0.744. The van der Waals surface area contributed by atoms with Crippen LogP contribution in [-0.2, 0) is 4.74 Å². The van der Waals surface area contributed by atoms with Crippen LogP contribution in [0, 0.1) is 0 Å². The molecule has 2 atom stereocenters. The summed E-state index contributed by atoms with van der Waals surface area (Å²) in [5.41, 5.74) is 0.848. The van der Waals surface area contributed by atoms with Gasteiger partial charge in [-0.1, -0.05) is 25.1 Å². The van der Waals surface area contributed by atoms with Crippen LogP contribution in [-0.4, -0.2) is 49.5 Å². The molecule has 0 saturated carbocycles. The lowest BCUT2D eigenvalue weighted by molar-refractivity contribution is 0.0510. The maximum Gasteiger partial charge on any atom is 0.124 e. The second-order valence-corrected chi connectivity index (χ2v) is 5.24. The van der Waals surface area contributed by atoms with E-state index in [1.54, 1.807) is 7.11 Å². The van der Waals surface area contributed by atoms with Crippen molar-refractivity contribution in [1.82, 2.24) is 4.90 Å². The zero-order valence-corrected chi connectivity index (χ0v) is 12.4. The molecule has 0 bridgehead atoms.